The lowest BCUT2D eigenvalue weighted by Gasteiger charge is -2.39. The molecule has 0 spiro atoms. The summed E-state index contributed by atoms with van der Waals surface area (Å²) in [6, 6.07) is 3.82. The summed E-state index contributed by atoms with van der Waals surface area (Å²) < 4.78 is 16.3. The molecule has 1 heterocycles. The Morgan fingerprint density at radius 3 is 2.40 bits per heavy atom. The van der Waals surface area contributed by atoms with Gasteiger partial charge < -0.3 is 19.2 Å². The van der Waals surface area contributed by atoms with Crippen LogP contribution in [-0.2, 0) is 11.2 Å². The highest BCUT2D eigenvalue weighted by Gasteiger charge is 2.38. The van der Waals surface area contributed by atoms with Gasteiger partial charge in [0.1, 0.15) is 5.82 Å². The number of fused-ring (bicyclic) bond motifs is 1. The van der Waals surface area contributed by atoms with Gasteiger partial charge >= 0.3 is 0 Å². The maximum atomic E-state index is 5.65. The van der Waals surface area contributed by atoms with Crippen molar-refractivity contribution in [2.45, 2.75) is 31.3 Å². The van der Waals surface area contributed by atoms with E-state index in [4.69, 9.17) is 14.2 Å². The van der Waals surface area contributed by atoms with Gasteiger partial charge in [-0.05, 0) is 19.3 Å². The molecule has 1 fully saturated rings. The van der Waals surface area contributed by atoms with Crippen molar-refractivity contribution < 1.29 is 14.2 Å². The zero-order chi connectivity index (χ0) is 14.2. The minimum absolute atomic E-state index is 0.0257. The Bertz CT molecular complexity index is 570. The molecular weight excluding hydrogens is 256 g/mol. The monoisotopic (exact) mass is 276 g/mol. The normalized spacial score (nSPS) is 16.9. The zero-order valence-electron chi connectivity index (χ0n) is 12.2. The van der Waals surface area contributed by atoms with Crippen LogP contribution in [-0.4, -0.2) is 36.9 Å². The average Bonchev–Trinajstić information content (AvgIpc) is 2.82. The number of nitrogens with one attached hydrogen (secondary N) is 1. The maximum absolute atomic E-state index is 5.65. The van der Waals surface area contributed by atoms with Crippen LogP contribution in [0, 0.1) is 0 Å². The summed E-state index contributed by atoms with van der Waals surface area (Å²) >= 11 is 0. The molecule has 0 aliphatic heterocycles. The molecular formula is C15H20N2O3. The van der Waals surface area contributed by atoms with Crippen molar-refractivity contribution in [1.82, 2.24) is 9.97 Å². The minimum Gasteiger partial charge on any atom is -0.493 e. The van der Waals surface area contributed by atoms with Gasteiger partial charge in [0, 0.05) is 25.7 Å². The third kappa shape index (κ3) is 2.12. The van der Waals surface area contributed by atoms with Crippen LogP contribution in [0.2, 0.25) is 0 Å². The molecule has 1 saturated carbocycles. The lowest BCUT2D eigenvalue weighted by atomic mass is 9.77. The standard InChI is InChI=1S/C15H20N2O3/c1-18-12-7-10-11(8-13(12)19-2)17-14(16-10)9-15(20-3)5-4-6-15/h7-8H,4-6,9H2,1-3H3,(H,16,17). The van der Waals surface area contributed by atoms with Crippen molar-refractivity contribution in [1.29, 1.82) is 0 Å². The Morgan fingerprint density at radius 2 is 1.85 bits per heavy atom. The Labute approximate surface area is 118 Å². The van der Waals surface area contributed by atoms with E-state index in [1.165, 1.54) is 6.42 Å². The second-order valence-corrected chi connectivity index (χ2v) is 5.33. The molecule has 0 radical (unpaired) electrons. The molecule has 0 unspecified atom stereocenters. The number of aromatic nitrogens is 2. The van der Waals surface area contributed by atoms with Crippen molar-refractivity contribution in [3.05, 3.63) is 18.0 Å². The number of H-pyrrole nitrogens is 1. The van der Waals surface area contributed by atoms with Crippen molar-refractivity contribution in [3.63, 3.8) is 0 Å². The Kier molecular flexibility index (Phi) is 3.30. The van der Waals surface area contributed by atoms with Crippen LogP contribution in [0.15, 0.2) is 12.1 Å². The topological polar surface area (TPSA) is 56.4 Å². The SMILES string of the molecule is COc1cc2nc(CC3(OC)CCC3)[nH]c2cc1OC. The smallest absolute Gasteiger partial charge is 0.163 e. The first-order valence-corrected chi connectivity index (χ1v) is 6.85. The van der Waals surface area contributed by atoms with Gasteiger partial charge in [-0.1, -0.05) is 0 Å². The molecule has 0 amide bonds. The molecule has 20 heavy (non-hydrogen) atoms. The summed E-state index contributed by atoms with van der Waals surface area (Å²) in [5.41, 5.74) is 1.83. The van der Waals surface area contributed by atoms with Gasteiger partial charge in [-0.2, -0.15) is 0 Å². The number of benzene rings is 1. The summed E-state index contributed by atoms with van der Waals surface area (Å²) in [6.07, 6.45) is 4.26. The first kappa shape index (κ1) is 13.2. The van der Waals surface area contributed by atoms with Crippen LogP contribution in [0.3, 0.4) is 0 Å². The highest BCUT2D eigenvalue weighted by Crippen LogP contribution is 2.38. The fourth-order valence-electron chi connectivity index (χ4n) is 2.80. The number of nitrogens with zero attached hydrogens (tertiary/aromatic N) is 1. The minimum atomic E-state index is -0.0257. The molecule has 0 bridgehead atoms. The molecule has 1 N–H and O–H groups in total. The highest BCUT2D eigenvalue weighted by molar-refractivity contribution is 5.79. The summed E-state index contributed by atoms with van der Waals surface area (Å²) in [7, 11) is 5.05. The molecule has 1 aliphatic rings. The molecule has 3 rings (SSSR count). The number of hydrogen-bond acceptors (Lipinski definition) is 4. The number of ether oxygens (including phenoxy) is 3. The fourth-order valence-corrected chi connectivity index (χ4v) is 2.80. The van der Waals surface area contributed by atoms with E-state index in [1.54, 1.807) is 21.3 Å². The first-order valence-electron chi connectivity index (χ1n) is 6.85. The average molecular weight is 276 g/mol. The Balaban J connectivity index is 1.94. The first-order chi connectivity index (χ1) is 9.69. The molecule has 0 atom stereocenters. The molecule has 1 aromatic carbocycles. The quantitative estimate of drug-likeness (QED) is 0.912. The van der Waals surface area contributed by atoms with Crippen LogP contribution in [0.5, 0.6) is 11.5 Å². The van der Waals surface area contributed by atoms with Crippen LogP contribution >= 0.6 is 0 Å². The van der Waals surface area contributed by atoms with E-state index < -0.39 is 0 Å². The van der Waals surface area contributed by atoms with E-state index in [2.05, 4.69) is 9.97 Å². The van der Waals surface area contributed by atoms with Gasteiger partial charge in [-0.3, -0.25) is 0 Å². The van der Waals surface area contributed by atoms with Crippen molar-refractivity contribution >= 4 is 11.0 Å². The fraction of sp³-hybridized carbons (Fsp3) is 0.533. The third-order valence-electron chi connectivity index (χ3n) is 4.22. The number of hydrogen-bond donors (Lipinski definition) is 1. The largest absolute Gasteiger partial charge is 0.493 e. The summed E-state index contributed by atoms with van der Waals surface area (Å²) in [5, 5.41) is 0. The van der Waals surface area contributed by atoms with Gasteiger partial charge in [0.25, 0.3) is 0 Å². The molecule has 1 aromatic heterocycles. The van der Waals surface area contributed by atoms with E-state index in [1.807, 2.05) is 12.1 Å². The lowest BCUT2D eigenvalue weighted by molar-refractivity contribution is -0.0719. The van der Waals surface area contributed by atoms with Gasteiger partial charge in [0.2, 0.25) is 0 Å². The van der Waals surface area contributed by atoms with E-state index in [0.717, 1.165) is 36.1 Å². The van der Waals surface area contributed by atoms with Crippen molar-refractivity contribution in [2.75, 3.05) is 21.3 Å². The highest BCUT2D eigenvalue weighted by atomic mass is 16.5. The number of rotatable bonds is 5. The molecule has 2 aromatic rings. The molecule has 1 aliphatic carbocycles. The number of imidazole rings is 1. The summed E-state index contributed by atoms with van der Waals surface area (Å²) in [6.45, 7) is 0. The predicted molar refractivity (Wildman–Crippen MR) is 76.5 cm³/mol. The predicted octanol–water partition coefficient (Wildman–Crippen LogP) is 2.69. The van der Waals surface area contributed by atoms with E-state index in [-0.39, 0.29) is 5.60 Å². The van der Waals surface area contributed by atoms with Crippen molar-refractivity contribution in [2.24, 2.45) is 0 Å². The van der Waals surface area contributed by atoms with Gasteiger partial charge in [0.15, 0.2) is 11.5 Å². The van der Waals surface area contributed by atoms with Crippen LogP contribution in [0.4, 0.5) is 0 Å². The summed E-state index contributed by atoms with van der Waals surface area (Å²) in [4.78, 5) is 7.99. The molecule has 5 nitrogen and oxygen atoms in total. The number of methoxy groups -OCH3 is 3. The van der Waals surface area contributed by atoms with Crippen LogP contribution in [0.25, 0.3) is 11.0 Å². The lowest BCUT2D eigenvalue weighted by Crippen LogP contribution is -2.41. The van der Waals surface area contributed by atoms with Crippen molar-refractivity contribution in [3.8, 4) is 11.5 Å². The summed E-state index contributed by atoms with van der Waals surface area (Å²) in [5.74, 6) is 2.36. The molecule has 5 heteroatoms. The van der Waals surface area contributed by atoms with E-state index in [0.29, 0.717) is 11.5 Å². The zero-order valence-corrected chi connectivity index (χ0v) is 12.2. The second-order valence-electron chi connectivity index (χ2n) is 5.33. The number of aromatic amines is 1. The Hall–Kier alpha value is -1.75. The molecule has 108 valence electrons. The van der Waals surface area contributed by atoms with E-state index >= 15 is 0 Å². The third-order valence-corrected chi connectivity index (χ3v) is 4.22. The van der Waals surface area contributed by atoms with Gasteiger partial charge in [-0.15, -0.1) is 0 Å². The van der Waals surface area contributed by atoms with E-state index in [9.17, 15) is 0 Å². The van der Waals surface area contributed by atoms with Gasteiger partial charge in [-0.25, -0.2) is 4.98 Å². The van der Waals surface area contributed by atoms with Crippen LogP contribution in [0.1, 0.15) is 25.1 Å². The van der Waals surface area contributed by atoms with Gasteiger partial charge in [0.05, 0.1) is 30.9 Å². The molecule has 0 saturated heterocycles. The maximum Gasteiger partial charge on any atom is 0.163 e. The Morgan fingerprint density at radius 1 is 1.15 bits per heavy atom. The van der Waals surface area contributed by atoms with Crippen LogP contribution < -0.4 is 9.47 Å². The second kappa shape index (κ2) is 4.98.